The molecule has 0 aromatic heterocycles. The van der Waals surface area contributed by atoms with Crippen molar-refractivity contribution in [3.63, 3.8) is 0 Å². The first-order chi connectivity index (χ1) is 6.56. The fraction of sp³-hybridized carbons (Fsp3) is 0.400. The molecule has 0 radical (unpaired) electrons. The van der Waals surface area contributed by atoms with Gasteiger partial charge in [0.1, 0.15) is 5.75 Å². The molecule has 1 rings (SSSR count). The molecule has 0 aliphatic heterocycles. The standard InChI is InChI=1S/C10H14BrNO2/c1-6(13)10(12)8-5-7(11)3-4-9(8)14-2/h3-6,10,13H,12H2,1-2H3/t6-,10-/m0/s1. The van der Waals surface area contributed by atoms with Crippen LogP contribution in [0.15, 0.2) is 22.7 Å². The van der Waals surface area contributed by atoms with Crippen molar-refractivity contribution in [2.75, 3.05) is 7.11 Å². The van der Waals surface area contributed by atoms with E-state index in [9.17, 15) is 5.11 Å². The zero-order chi connectivity index (χ0) is 10.7. The molecule has 0 aliphatic rings. The topological polar surface area (TPSA) is 55.5 Å². The van der Waals surface area contributed by atoms with Crippen LogP contribution in [0.25, 0.3) is 0 Å². The van der Waals surface area contributed by atoms with E-state index >= 15 is 0 Å². The molecule has 0 bridgehead atoms. The van der Waals surface area contributed by atoms with Gasteiger partial charge in [0.25, 0.3) is 0 Å². The van der Waals surface area contributed by atoms with Crippen LogP contribution in [0, 0.1) is 0 Å². The Kier molecular flexibility index (Phi) is 3.92. The summed E-state index contributed by atoms with van der Waals surface area (Å²) in [6, 6.07) is 5.12. The van der Waals surface area contributed by atoms with Gasteiger partial charge in [0, 0.05) is 10.0 Å². The fourth-order valence-electron chi connectivity index (χ4n) is 1.23. The van der Waals surface area contributed by atoms with E-state index < -0.39 is 12.1 Å². The van der Waals surface area contributed by atoms with Crippen molar-refractivity contribution in [2.24, 2.45) is 5.73 Å². The Bertz CT molecular complexity index is 315. The summed E-state index contributed by atoms with van der Waals surface area (Å²) in [4.78, 5) is 0. The van der Waals surface area contributed by atoms with Gasteiger partial charge in [-0.05, 0) is 25.1 Å². The fourth-order valence-corrected chi connectivity index (χ4v) is 1.60. The second-order valence-corrected chi connectivity index (χ2v) is 4.07. The zero-order valence-corrected chi connectivity index (χ0v) is 9.78. The Balaban J connectivity index is 3.10. The number of hydrogen-bond acceptors (Lipinski definition) is 3. The van der Waals surface area contributed by atoms with Crippen LogP contribution < -0.4 is 10.5 Å². The van der Waals surface area contributed by atoms with Crippen molar-refractivity contribution in [3.05, 3.63) is 28.2 Å². The number of methoxy groups -OCH3 is 1. The molecule has 14 heavy (non-hydrogen) atoms. The second-order valence-electron chi connectivity index (χ2n) is 3.15. The van der Waals surface area contributed by atoms with E-state index in [-0.39, 0.29) is 0 Å². The highest BCUT2D eigenvalue weighted by Crippen LogP contribution is 2.28. The molecule has 2 atom stereocenters. The molecule has 0 aliphatic carbocycles. The maximum Gasteiger partial charge on any atom is 0.123 e. The molecule has 0 spiro atoms. The normalized spacial score (nSPS) is 14.9. The molecule has 0 saturated carbocycles. The maximum absolute atomic E-state index is 9.39. The van der Waals surface area contributed by atoms with Gasteiger partial charge in [0.2, 0.25) is 0 Å². The minimum atomic E-state index is -0.599. The van der Waals surface area contributed by atoms with Crippen LogP contribution in [-0.2, 0) is 0 Å². The van der Waals surface area contributed by atoms with Gasteiger partial charge in [-0.2, -0.15) is 0 Å². The molecule has 0 heterocycles. The van der Waals surface area contributed by atoms with Crippen LogP contribution in [0.2, 0.25) is 0 Å². The molecule has 3 N–H and O–H groups in total. The van der Waals surface area contributed by atoms with Crippen LogP contribution in [0.3, 0.4) is 0 Å². The number of ether oxygens (including phenoxy) is 1. The lowest BCUT2D eigenvalue weighted by atomic mass is 10.0. The number of halogens is 1. The Labute approximate surface area is 92.0 Å². The van der Waals surface area contributed by atoms with E-state index in [0.29, 0.717) is 5.75 Å². The summed E-state index contributed by atoms with van der Waals surface area (Å²) in [5.74, 6) is 0.696. The number of aliphatic hydroxyl groups is 1. The molecule has 1 aromatic rings. The third-order valence-electron chi connectivity index (χ3n) is 2.07. The van der Waals surface area contributed by atoms with Gasteiger partial charge in [-0.1, -0.05) is 15.9 Å². The smallest absolute Gasteiger partial charge is 0.123 e. The summed E-state index contributed by atoms with van der Waals surface area (Å²) in [7, 11) is 1.58. The van der Waals surface area contributed by atoms with Gasteiger partial charge < -0.3 is 15.6 Å². The van der Waals surface area contributed by atoms with Crippen LogP contribution in [-0.4, -0.2) is 18.3 Å². The van der Waals surface area contributed by atoms with Crippen molar-refractivity contribution < 1.29 is 9.84 Å². The van der Waals surface area contributed by atoms with Gasteiger partial charge >= 0.3 is 0 Å². The van der Waals surface area contributed by atoms with Crippen molar-refractivity contribution in [1.82, 2.24) is 0 Å². The van der Waals surface area contributed by atoms with Crippen molar-refractivity contribution in [3.8, 4) is 5.75 Å². The number of rotatable bonds is 3. The summed E-state index contributed by atoms with van der Waals surface area (Å²) in [6.45, 7) is 1.66. The van der Waals surface area contributed by atoms with Crippen molar-refractivity contribution >= 4 is 15.9 Å². The number of aliphatic hydroxyl groups excluding tert-OH is 1. The van der Waals surface area contributed by atoms with Gasteiger partial charge in [0.15, 0.2) is 0 Å². The van der Waals surface area contributed by atoms with E-state index in [4.69, 9.17) is 10.5 Å². The molecule has 4 heteroatoms. The molecular formula is C10H14BrNO2. The third-order valence-corrected chi connectivity index (χ3v) is 2.56. The molecule has 78 valence electrons. The molecule has 0 fully saturated rings. The van der Waals surface area contributed by atoms with Crippen LogP contribution in [0.4, 0.5) is 0 Å². The van der Waals surface area contributed by atoms with E-state index in [1.54, 1.807) is 14.0 Å². The molecule has 1 aromatic carbocycles. The summed E-state index contributed by atoms with van der Waals surface area (Å²) in [5.41, 5.74) is 6.63. The highest BCUT2D eigenvalue weighted by molar-refractivity contribution is 9.10. The van der Waals surface area contributed by atoms with E-state index in [2.05, 4.69) is 15.9 Å². The maximum atomic E-state index is 9.39. The summed E-state index contributed by atoms with van der Waals surface area (Å²) < 4.78 is 6.08. The monoisotopic (exact) mass is 259 g/mol. The lowest BCUT2D eigenvalue weighted by Crippen LogP contribution is -2.23. The lowest BCUT2D eigenvalue weighted by Gasteiger charge is -2.18. The Morgan fingerprint density at radius 3 is 2.64 bits per heavy atom. The predicted octanol–water partition coefficient (Wildman–Crippen LogP) is 1.84. The van der Waals surface area contributed by atoms with E-state index in [0.717, 1.165) is 10.0 Å². The Morgan fingerprint density at radius 2 is 2.14 bits per heavy atom. The van der Waals surface area contributed by atoms with Crippen molar-refractivity contribution in [2.45, 2.75) is 19.1 Å². The largest absolute Gasteiger partial charge is 0.496 e. The lowest BCUT2D eigenvalue weighted by molar-refractivity contribution is 0.162. The first-order valence-corrected chi connectivity index (χ1v) is 5.12. The molecule has 0 unspecified atom stereocenters. The Hall–Kier alpha value is -0.580. The highest BCUT2D eigenvalue weighted by atomic mass is 79.9. The van der Waals surface area contributed by atoms with Crippen molar-refractivity contribution in [1.29, 1.82) is 0 Å². The number of hydrogen-bond donors (Lipinski definition) is 2. The molecular weight excluding hydrogens is 246 g/mol. The second kappa shape index (κ2) is 4.77. The van der Waals surface area contributed by atoms with E-state index in [1.165, 1.54) is 0 Å². The molecule has 3 nitrogen and oxygen atoms in total. The quantitative estimate of drug-likeness (QED) is 0.871. The first-order valence-electron chi connectivity index (χ1n) is 4.33. The van der Waals surface area contributed by atoms with Gasteiger partial charge in [-0.15, -0.1) is 0 Å². The first kappa shape index (κ1) is 11.5. The van der Waals surface area contributed by atoms with E-state index in [1.807, 2.05) is 18.2 Å². The number of benzene rings is 1. The summed E-state index contributed by atoms with van der Waals surface area (Å²) in [5, 5.41) is 9.39. The van der Waals surface area contributed by atoms with Gasteiger partial charge in [0.05, 0.1) is 19.3 Å². The van der Waals surface area contributed by atoms with Crippen LogP contribution in [0.5, 0.6) is 5.75 Å². The van der Waals surface area contributed by atoms with Crippen LogP contribution >= 0.6 is 15.9 Å². The summed E-state index contributed by atoms with van der Waals surface area (Å²) in [6.07, 6.45) is -0.599. The highest BCUT2D eigenvalue weighted by Gasteiger charge is 2.16. The third kappa shape index (κ3) is 2.47. The Morgan fingerprint density at radius 1 is 1.50 bits per heavy atom. The summed E-state index contributed by atoms with van der Waals surface area (Å²) >= 11 is 3.35. The van der Waals surface area contributed by atoms with Gasteiger partial charge in [-0.25, -0.2) is 0 Å². The molecule has 0 amide bonds. The SMILES string of the molecule is COc1ccc(Br)cc1[C@@H](N)[C@H](C)O. The predicted molar refractivity (Wildman–Crippen MR) is 59.3 cm³/mol. The van der Waals surface area contributed by atoms with Crippen LogP contribution in [0.1, 0.15) is 18.5 Å². The average molecular weight is 260 g/mol. The minimum Gasteiger partial charge on any atom is -0.496 e. The average Bonchev–Trinajstić information content (AvgIpc) is 2.16. The number of nitrogens with two attached hydrogens (primary N) is 1. The zero-order valence-electron chi connectivity index (χ0n) is 8.20. The molecule has 0 saturated heterocycles. The van der Waals surface area contributed by atoms with Gasteiger partial charge in [-0.3, -0.25) is 0 Å². The minimum absolute atomic E-state index is 0.428.